The Hall–Kier alpha value is -1.45. The second-order valence-corrected chi connectivity index (χ2v) is 5.41. The number of nitrogens with one attached hydrogen (secondary N) is 1. The van der Waals surface area contributed by atoms with Gasteiger partial charge in [-0.3, -0.25) is 0 Å². The fourth-order valence-electron chi connectivity index (χ4n) is 1.83. The average Bonchev–Trinajstić information content (AvgIpc) is 2.46. The monoisotopic (exact) mass is 327 g/mol. The zero-order valence-electron chi connectivity index (χ0n) is 11.6. The molecule has 0 aliphatic heterocycles. The molecule has 2 aromatic carbocycles. The van der Waals surface area contributed by atoms with Crippen LogP contribution in [0.3, 0.4) is 0 Å². The second-order valence-electron chi connectivity index (χ2n) is 4.60. The Morgan fingerprint density at radius 3 is 2.29 bits per heavy atom. The SMILES string of the molecule is CCCOc1c(Cl)cc(CNc2ccc(F)cc2)cc1Cl. The molecule has 21 heavy (non-hydrogen) atoms. The molecule has 2 nitrogen and oxygen atoms in total. The first kappa shape index (κ1) is 15.9. The van der Waals surface area contributed by atoms with Crippen LogP contribution in [0.15, 0.2) is 36.4 Å². The van der Waals surface area contributed by atoms with E-state index in [0.29, 0.717) is 28.9 Å². The lowest BCUT2D eigenvalue weighted by atomic mass is 10.2. The van der Waals surface area contributed by atoms with Gasteiger partial charge in [0.1, 0.15) is 5.82 Å². The van der Waals surface area contributed by atoms with Crippen LogP contribution in [0.2, 0.25) is 10.0 Å². The van der Waals surface area contributed by atoms with Gasteiger partial charge in [-0.05, 0) is 48.4 Å². The highest BCUT2D eigenvalue weighted by molar-refractivity contribution is 6.37. The van der Waals surface area contributed by atoms with Crippen molar-refractivity contribution in [1.29, 1.82) is 0 Å². The first-order chi connectivity index (χ1) is 10.1. The van der Waals surface area contributed by atoms with E-state index < -0.39 is 0 Å². The zero-order valence-corrected chi connectivity index (χ0v) is 13.1. The Morgan fingerprint density at radius 1 is 1.10 bits per heavy atom. The molecule has 112 valence electrons. The van der Waals surface area contributed by atoms with E-state index in [1.54, 1.807) is 12.1 Å². The highest BCUT2D eigenvalue weighted by Gasteiger charge is 2.09. The quantitative estimate of drug-likeness (QED) is 0.752. The molecule has 0 saturated heterocycles. The summed E-state index contributed by atoms with van der Waals surface area (Å²) in [4.78, 5) is 0. The molecule has 2 rings (SSSR count). The number of rotatable bonds is 6. The molecule has 0 aliphatic carbocycles. The molecule has 0 heterocycles. The lowest BCUT2D eigenvalue weighted by Gasteiger charge is -2.12. The Balaban J connectivity index is 2.05. The summed E-state index contributed by atoms with van der Waals surface area (Å²) in [6.07, 6.45) is 0.889. The minimum atomic E-state index is -0.260. The van der Waals surface area contributed by atoms with Gasteiger partial charge >= 0.3 is 0 Å². The maximum atomic E-state index is 12.8. The van der Waals surface area contributed by atoms with Crippen molar-refractivity contribution in [2.45, 2.75) is 19.9 Å². The molecule has 0 fully saturated rings. The molecule has 0 saturated carbocycles. The van der Waals surface area contributed by atoms with Crippen LogP contribution in [-0.2, 0) is 6.54 Å². The molecule has 0 atom stereocenters. The zero-order chi connectivity index (χ0) is 15.2. The fraction of sp³-hybridized carbons (Fsp3) is 0.250. The Labute approximate surface area is 133 Å². The molecule has 0 spiro atoms. The van der Waals surface area contributed by atoms with Crippen LogP contribution in [0.1, 0.15) is 18.9 Å². The van der Waals surface area contributed by atoms with Crippen LogP contribution in [0.25, 0.3) is 0 Å². The number of hydrogen-bond acceptors (Lipinski definition) is 2. The van der Waals surface area contributed by atoms with Gasteiger partial charge in [-0.25, -0.2) is 4.39 Å². The summed E-state index contributed by atoms with van der Waals surface area (Å²) < 4.78 is 18.3. The van der Waals surface area contributed by atoms with Gasteiger partial charge in [0.2, 0.25) is 0 Å². The molecular weight excluding hydrogens is 312 g/mol. The van der Waals surface area contributed by atoms with Crippen LogP contribution in [0.5, 0.6) is 5.75 Å². The van der Waals surface area contributed by atoms with E-state index in [0.717, 1.165) is 17.7 Å². The van der Waals surface area contributed by atoms with E-state index in [1.165, 1.54) is 12.1 Å². The van der Waals surface area contributed by atoms with E-state index >= 15 is 0 Å². The van der Waals surface area contributed by atoms with Crippen LogP contribution in [0.4, 0.5) is 10.1 Å². The van der Waals surface area contributed by atoms with Crippen molar-refractivity contribution in [2.24, 2.45) is 0 Å². The number of halogens is 3. The van der Waals surface area contributed by atoms with Gasteiger partial charge in [0.15, 0.2) is 5.75 Å². The summed E-state index contributed by atoms with van der Waals surface area (Å²) >= 11 is 12.4. The summed E-state index contributed by atoms with van der Waals surface area (Å²) in [7, 11) is 0. The predicted molar refractivity (Wildman–Crippen MR) is 86.0 cm³/mol. The Bertz CT molecular complexity index is 579. The lowest BCUT2D eigenvalue weighted by molar-refractivity contribution is 0.318. The molecule has 0 amide bonds. The Morgan fingerprint density at radius 2 is 1.71 bits per heavy atom. The first-order valence-electron chi connectivity index (χ1n) is 6.70. The number of hydrogen-bond donors (Lipinski definition) is 1. The van der Waals surface area contributed by atoms with E-state index in [-0.39, 0.29) is 5.82 Å². The minimum absolute atomic E-state index is 0.260. The minimum Gasteiger partial charge on any atom is -0.490 e. The van der Waals surface area contributed by atoms with Crippen LogP contribution < -0.4 is 10.1 Å². The summed E-state index contributed by atoms with van der Waals surface area (Å²) in [5, 5.41) is 4.17. The average molecular weight is 328 g/mol. The second kappa shape index (κ2) is 7.53. The Kier molecular flexibility index (Phi) is 5.71. The van der Waals surface area contributed by atoms with Gasteiger partial charge in [0.05, 0.1) is 16.7 Å². The smallest absolute Gasteiger partial charge is 0.156 e. The molecule has 5 heteroatoms. The third-order valence-electron chi connectivity index (χ3n) is 2.85. The van der Waals surface area contributed by atoms with E-state index in [1.807, 2.05) is 19.1 Å². The topological polar surface area (TPSA) is 21.3 Å². The molecule has 0 bridgehead atoms. The number of benzene rings is 2. The van der Waals surface area contributed by atoms with Crippen molar-refractivity contribution in [3.8, 4) is 5.75 Å². The predicted octanol–water partition coefficient (Wildman–Crippen LogP) is 5.53. The third-order valence-corrected chi connectivity index (χ3v) is 3.41. The third kappa shape index (κ3) is 4.51. The van der Waals surface area contributed by atoms with Crippen LogP contribution in [-0.4, -0.2) is 6.61 Å². The molecule has 0 aromatic heterocycles. The normalized spacial score (nSPS) is 10.5. The van der Waals surface area contributed by atoms with Gasteiger partial charge < -0.3 is 10.1 Å². The molecular formula is C16H16Cl2FNO. The molecule has 0 unspecified atom stereocenters. The maximum Gasteiger partial charge on any atom is 0.156 e. The standard InChI is InChI=1S/C16H16Cl2FNO/c1-2-7-21-16-14(17)8-11(9-15(16)18)10-20-13-5-3-12(19)4-6-13/h3-6,8-9,20H,2,7,10H2,1H3. The number of ether oxygens (including phenoxy) is 1. The van der Waals surface area contributed by atoms with Gasteiger partial charge in [-0.1, -0.05) is 30.1 Å². The van der Waals surface area contributed by atoms with E-state index in [9.17, 15) is 4.39 Å². The van der Waals surface area contributed by atoms with Crippen molar-refractivity contribution in [1.82, 2.24) is 0 Å². The van der Waals surface area contributed by atoms with Gasteiger partial charge in [0, 0.05) is 12.2 Å². The van der Waals surface area contributed by atoms with Gasteiger partial charge in [0.25, 0.3) is 0 Å². The summed E-state index contributed by atoms with van der Waals surface area (Å²) in [6, 6.07) is 9.80. The van der Waals surface area contributed by atoms with E-state index in [4.69, 9.17) is 27.9 Å². The maximum absolute atomic E-state index is 12.8. The number of anilines is 1. The van der Waals surface area contributed by atoms with Crippen LogP contribution in [0, 0.1) is 5.82 Å². The van der Waals surface area contributed by atoms with Crippen molar-refractivity contribution in [2.75, 3.05) is 11.9 Å². The highest BCUT2D eigenvalue weighted by atomic mass is 35.5. The van der Waals surface area contributed by atoms with Gasteiger partial charge in [-0.15, -0.1) is 0 Å². The van der Waals surface area contributed by atoms with Crippen molar-refractivity contribution in [3.05, 3.63) is 57.8 Å². The fourth-order valence-corrected chi connectivity index (χ4v) is 2.47. The largest absolute Gasteiger partial charge is 0.490 e. The van der Waals surface area contributed by atoms with Crippen LogP contribution >= 0.6 is 23.2 Å². The van der Waals surface area contributed by atoms with Crippen molar-refractivity contribution >= 4 is 28.9 Å². The lowest BCUT2D eigenvalue weighted by Crippen LogP contribution is -2.01. The summed E-state index contributed by atoms with van der Waals surface area (Å²) in [5.41, 5.74) is 1.76. The van der Waals surface area contributed by atoms with E-state index in [2.05, 4.69) is 5.32 Å². The summed E-state index contributed by atoms with van der Waals surface area (Å²) in [5.74, 6) is 0.259. The summed E-state index contributed by atoms with van der Waals surface area (Å²) in [6.45, 7) is 3.13. The molecule has 0 radical (unpaired) electrons. The highest BCUT2D eigenvalue weighted by Crippen LogP contribution is 2.34. The molecule has 2 aromatic rings. The first-order valence-corrected chi connectivity index (χ1v) is 7.46. The van der Waals surface area contributed by atoms with Crippen molar-refractivity contribution in [3.63, 3.8) is 0 Å². The van der Waals surface area contributed by atoms with Gasteiger partial charge in [-0.2, -0.15) is 0 Å². The van der Waals surface area contributed by atoms with Crippen molar-refractivity contribution < 1.29 is 9.13 Å². The molecule has 0 aliphatic rings. The molecule has 1 N–H and O–H groups in total.